The fourth-order valence-electron chi connectivity index (χ4n) is 1.20. The Morgan fingerprint density at radius 3 is 2.44 bits per heavy atom. The smallest absolute Gasteiger partial charge is 0.329 e. The van der Waals surface area contributed by atoms with E-state index in [4.69, 9.17) is 15.2 Å². The molecule has 0 saturated heterocycles. The number of benzene rings is 1. The van der Waals surface area contributed by atoms with Gasteiger partial charge in [0.25, 0.3) is 0 Å². The van der Waals surface area contributed by atoms with Gasteiger partial charge in [0.15, 0.2) is 17.4 Å². The summed E-state index contributed by atoms with van der Waals surface area (Å²) in [4.78, 5) is 11.4. The van der Waals surface area contributed by atoms with Crippen molar-refractivity contribution in [2.75, 3.05) is 13.2 Å². The van der Waals surface area contributed by atoms with Crippen LogP contribution in [0.15, 0.2) is 18.2 Å². The number of hydrogen-bond acceptors (Lipinski definition) is 4. The lowest BCUT2D eigenvalue weighted by Crippen LogP contribution is -2.51. The number of carbonyl (C=O) groups is 1. The quantitative estimate of drug-likeness (QED) is 0.816. The number of ether oxygens (including phenoxy) is 2. The summed E-state index contributed by atoms with van der Waals surface area (Å²) in [6.07, 6.45) is 0. The average molecular weight is 259 g/mol. The van der Waals surface area contributed by atoms with Crippen molar-refractivity contribution >= 4 is 5.97 Å². The summed E-state index contributed by atoms with van der Waals surface area (Å²) in [5.74, 6) is -2.95. The Balaban J connectivity index is 2.73. The van der Waals surface area contributed by atoms with Crippen LogP contribution in [0.5, 0.6) is 5.75 Å². The molecular formula is C12H15F2NO3. The Labute approximate surface area is 104 Å². The van der Waals surface area contributed by atoms with Crippen LogP contribution in [0, 0.1) is 11.6 Å². The van der Waals surface area contributed by atoms with Gasteiger partial charge in [-0.15, -0.1) is 0 Å². The summed E-state index contributed by atoms with van der Waals surface area (Å²) in [7, 11) is 0. The monoisotopic (exact) mass is 259 g/mol. The lowest BCUT2D eigenvalue weighted by molar-refractivity contribution is -0.150. The minimum atomic E-state index is -1.47. The third-order valence-corrected chi connectivity index (χ3v) is 2.18. The molecule has 1 unspecified atom stereocenters. The Bertz CT molecular complexity index is 415. The second kappa shape index (κ2) is 5.77. The molecule has 18 heavy (non-hydrogen) atoms. The van der Waals surface area contributed by atoms with E-state index < -0.39 is 28.9 Å². The minimum absolute atomic E-state index is 0.166. The fourth-order valence-corrected chi connectivity index (χ4v) is 1.20. The molecule has 2 N–H and O–H groups in total. The standard InChI is InChI=1S/C12H15F2NO3/c1-3-17-11(16)12(2,15)7-18-10-8(13)5-4-6-9(10)14/h4-6H,3,7,15H2,1-2H3. The van der Waals surface area contributed by atoms with E-state index in [1.54, 1.807) is 6.92 Å². The van der Waals surface area contributed by atoms with E-state index in [0.717, 1.165) is 12.1 Å². The van der Waals surface area contributed by atoms with Gasteiger partial charge in [0.05, 0.1) is 6.61 Å². The van der Waals surface area contributed by atoms with Crippen molar-refractivity contribution in [1.82, 2.24) is 0 Å². The van der Waals surface area contributed by atoms with Crippen LogP contribution in [-0.2, 0) is 9.53 Å². The van der Waals surface area contributed by atoms with E-state index in [9.17, 15) is 13.6 Å². The Hall–Kier alpha value is -1.69. The largest absolute Gasteiger partial charge is 0.485 e. The molecule has 4 nitrogen and oxygen atoms in total. The maximum absolute atomic E-state index is 13.3. The molecule has 0 heterocycles. The molecule has 1 aromatic carbocycles. The van der Waals surface area contributed by atoms with Crippen LogP contribution in [0.4, 0.5) is 8.78 Å². The van der Waals surface area contributed by atoms with Gasteiger partial charge >= 0.3 is 5.97 Å². The van der Waals surface area contributed by atoms with E-state index in [1.807, 2.05) is 0 Å². The van der Waals surface area contributed by atoms with E-state index in [-0.39, 0.29) is 13.2 Å². The molecule has 0 radical (unpaired) electrons. The summed E-state index contributed by atoms with van der Waals surface area (Å²) < 4.78 is 36.2. The molecule has 0 amide bonds. The Kier molecular flexibility index (Phi) is 4.61. The van der Waals surface area contributed by atoms with Gasteiger partial charge < -0.3 is 15.2 Å². The zero-order chi connectivity index (χ0) is 13.8. The van der Waals surface area contributed by atoms with Gasteiger partial charge in [-0.2, -0.15) is 0 Å². The minimum Gasteiger partial charge on any atom is -0.485 e. The number of hydrogen-bond donors (Lipinski definition) is 1. The molecule has 0 aliphatic carbocycles. The van der Waals surface area contributed by atoms with Gasteiger partial charge in [-0.1, -0.05) is 6.07 Å². The summed E-state index contributed by atoms with van der Waals surface area (Å²) in [5, 5.41) is 0. The van der Waals surface area contributed by atoms with Gasteiger partial charge in [-0.25, -0.2) is 13.6 Å². The second-order valence-electron chi connectivity index (χ2n) is 3.98. The van der Waals surface area contributed by atoms with Gasteiger partial charge in [0.2, 0.25) is 0 Å². The highest BCUT2D eigenvalue weighted by Gasteiger charge is 2.31. The number of para-hydroxylation sites is 1. The third-order valence-electron chi connectivity index (χ3n) is 2.18. The first-order valence-corrected chi connectivity index (χ1v) is 5.41. The molecule has 0 spiro atoms. The molecule has 100 valence electrons. The van der Waals surface area contributed by atoms with Gasteiger partial charge in [0, 0.05) is 0 Å². The molecule has 0 bridgehead atoms. The fraction of sp³-hybridized carbons (Fsp3) is 0.417. The zero-order valence-corrected chi connectivity index (χ0v) is 10.2. The topological polar surface area (TPSA) is 61.5 Å². The highest BCUT2D eigenvalue weighted by atomic mass is 19.1. The summed E-state index contributed by atoms with van der Waals surface area (Å²) in [5.41, 5.74) is 4.18. The molecule has 1 rings (SSSR count). The zero-order valence-electron chi connectivity index (χ0n) is 10.2. The van der Waals surface area contributed by atoms with Crippen LogP contribution in [0.3, 0.4) is 0 Å². The molecule has 0 saturated carbocycles. The molecule has 6 heteroatoms. The van der Waals surface area contributed by atoms with Crippen LogP contribution < -0.4 is 10.5 Å². The van der Waals surface area contributed by atoms with Crippen molar-refractivity contribution in [3.63, 3.8) is 0 Å². The number of halogens is 2. The van der Waals surface area contributed by atoms with Crippen molar-refractivity contribution < 1.29 is 23.0 Å². The van der Waals surface area contributed by atoms with Crippen molar-refractivity contribution in [2.24, 2.45) is 5.73 Å². The SMILES string of the molecule is CCOC(=O)C(C)(N)COc1c(F)cccc1F. The number of rotatable bonds is 5. The molecular weight excluding hydrogens is 244 g/mol. The number of esters is 1. The van der Waals surface area contributed by atoms with Gasteiger partial charge in [-0.3, -0.25) is 0 Å². The number of carbonyl (C=O) groups excluding carboxylic acids is 1. The number of nitrogens with two attached hydrogens (primary N) is 1. The van der Waals surface area contributed by atoms with Crippen molar-refractivity contribution in [2.45, 2.75) is 19.4 Å². The second-order valence-corrected chi connectivity index (χ2v) is 3.98. The third kappa shape index (κ3) is 3.40. The van der Waals surface area contributed by atoms with E-state index in [1.165, 1.54) is 13.0 Å². The van der Waals surface area contributed by atoms with Crippen molar-refractivity contribution in [3.05, 3.63) is 29.8 Å². The normalized spacial score (nSPS) is 13.8. The van der Waals surface area contributed by atoms with E-state index >= 15 is 0 Å². The van der Waals surface area contributed by atoms with E-state index in [2.05, 4.69) is 0 Å². The molecule has 1 aromatic rings. The predicted molar refractivity (Wildman–Crippen MR) is 61.1 cm³/mol. The molecule has 0 aliphatic rings. The maximum Gasteiger partial charge on any atom is 0.329 e. The van der Waals surface area contributed by atoms with Gasteiger partial charge in [-0.05, 0) is 26.0 Å². The summed E-state index contributed by atoms with van der Waals surface area (Å²) >= 11 is 0. The van der Waals surface area contributed by atoms with Crippen molar-refractivity contribution in [1.29, 1.82) is 0 Å². The van der Waals surface area contributed by atoms with E-state index in [0.29, 0.717) is 0 Å². The first kappa shape index (κ1) is 14.4. The highest BCUT2D eigenvalue weighted by molar-refractivity contribution is 5.80. The average Bonchev–Trinajstić information content (AvgIpc) is 2.28. The molecule has 0 aliphatic heterocycles. The lowest BCUT2D eigenvalue weighted by Gasteiger charge is -2.22. The van der Waals surface area contributed by atoms with Crippen LogP contribution in [0.1, 0.15) is 13.8 Å². The van der Waals surface area contributed by atoms with Crippen LogP contribution in [-0.4, -0.2) is 24.7 Å². The predicted octanol–water partition coefficient (Wildman–Crippen LogP) is 1.62. The Morgan fingerprint density at radius 2 is 1.94 bits per heavy atom. The van der Waals surface area contributed by atoms with Crippen LogP contribution in [0.2, 0.25) is 0 Å². The molecule has 1 atom stereocenters. The first-order chi connectivity index (χ1) is 8.38. The highest BCUT2D eigenvalue weighted by Crippen LogP contribution is 2.21. The summed E-state index contributed by atoms with van der Waals surface area (Å²) in [6, 6.07) is 3.32. The Morgan fingerprint density at radius 1 is 1.39 bits per heavy atom. The summed E-state index contributed by atoms with van der Waals surface area (Å²) in [6.45, 7) is 2.78. The molecule has 0 fully saturated rings. The maximum atomic E-state index is 13.3. The van der Waals surface area contributed by atoms with Crippen LogP contribution in [0.25, 0.3) is 0 Å². The first-order valence-electron chi connectivity index (χ1n) is 5.41. The molecule has 0 aromatic heterocycles. The van der Waals surface area contributed by atoms with Crippen molar-refractivity contribution in [3.8, 4) is 5.75 Å². The van der Waals surface area contributed by atoms with Gasteiger partial charge in [0.1, 0.15) is 12.1 Å². The van der Waals surface area contributed by atoms with Crippen LogP contribution >= 0.6 is 0 Å². The lowest BCUT2D eigenvalue weighted by atomic mass is 10.1.